The van der Waals surface area contributed by atoms with Crippen molar-refractivity contribution < 1.29 is 22.8 Å². The van der Waals surface area contributed by atoms with Gasteiger partial charge >= 0.3 is 6.18 Å². The third-order valence-corrected chi connectivity index (χ3v) is 1.89. The monoisotopic (exact) mass is 261 g/mol. The van der Waals surface area contributed by atoms with E-state index in [1.165, 1.54) is 14.0 Å². The van der Waals surface area contributed by atoms with Crippen LogP contribution in [0.1, 0.15) is 22.8 Å². The van der Waals surface area contributed by atoms with Gasteiger partial charge in [-0.05, 0) is 13.0 Å². The molecule has 1 aromatic heterocycles. The van der Waals surface area contributed by atoms with Crippen LogP contribution in [0.15, 0.2) is 23.6 Å². The zero-order valence-corrected chi connectivity index (χ0v) is 9.58. The second kappa shape index (κ2) is 5.48. The fraction of sp³-hybridized carbons (Fsp3) is 0.300. The number of carbonyl (C=O) groups is 1. The van der Waals surface area contributed by atoms with Gasteiger partial charge in [0.2, 0.25) is 0 Å². The molecular weight excluding hydrogens is 251 g/mol. The van der Waals surface area contributed by atoms with Gasteiger partial charge in [-0.15, -0.1) is 0 Å². The quantitative estimate of drug-likeness (QED) is 0.501. The lowest BCUT2D eigenvalue weighted by Gasteiger charge is -2.11. The Morgan fingerprint density at radius 1 is 1.50 bits per heavy atom. The van der Waals surface area contributed by atoms with Gasteiger partial charge in [0.25, 0.3) is 5.91 Å². The highest BCUT2D eigenvalue weighted by Gasteiger charge is 2.35. The third kappa shape index (κ3) is 3.44. The number of alkyl halides is 3. The van der Waals surface area contributed by atoms with Crippen LogP contribution in [0, 0.1) is 0 Å². The van der Waals surface area contributed by atoms with E-state index in [2.05, 4.69) is 20.3 Å². The van der Waals surface area contributed by atoms with Crippen LogP contribution in [0.3, 0.4) is 0 Å². The van der Waals surface area contributed by atoms with Gasteiger partial charge in [-0.2, -0.15) is 13.2 Å². The fourth-order valence-corrected chi connectivity index (χ4v) is 1.21. The van der Waals surface area contributed by atoms with Crippen LogP contribution >= 0.6 is 0 Å². The Labute approximate surface area is 101 Å². The van der Waals surface area contributed by atoms with Crippen molar-refractivity contribution >= 4 is 11.7 Å². The molecule has 0 unspecified atom stereocenters. The van der Waals surface area contributed by atoms with Crippen molar-refractivity contribution in [3.8, 4) is 0 Å². The minimum absolute atomic E-state index is 0.0412. The number of pyridine rings is 1. The van der Waals surface area contributed by atoms with Gasteiger partial charge in [0.15, 0.2) is 0 Å². The Kier molecular flexibility index (Phi) is 4.24. The SMILES string of the molecule is CON=C(C)NC(=O)c1cnccc1C(F)(F)F. The molecule has 0 spiro atoms. The van der Waals surface area contributed by atoms with E-state index in [9.17, 15) is 18.0 Å². The van der Waals surface area contributed by atoms with Crippen LogP contribution in [0.2, 0.25) is 0 Å². The lowest BCUT2D eigenvalue weighted by molar-refractivity contribution is -0.138. The molecule has 8 heteroatoms. The van der Waals surface area contributed by atoms with Gasteiger partial charge in [0.1, 0.15) is 12.9 Å². The van der Waals surface area contributed by atoms with Gasteiger partial charge in [-0.1, -0.05) is 5.16 Å². The standard InChI is InChI=1S/C10H10F3N3O2/c1-6(16-18-2)15-9(17)7-5-14-4-3-8(7)10(11,12)13/h3-5H,1-2H3,(H,15,16,17). The number of rotatable bonds is 2. The molecule has 0 fully saturated rings. The summed E-state index contributed by atoms with van der Waals surface area (Å²) in [6.07, 6.45) is -2.81. The summed E-state index contributed by atoms with van der Waals surface area (Å²) in [5.74, 6) is -0.909. The summed E-state index contributed by atoms with van der Waals surface area (Å²) in [4.78, 5) is 19.5. The first-order valence-electron chi connectivity index (χ1n) is 4.76. The topological polar surface area (TPSA) is 63.6 Å². The fourth-order valence-electron chi connectivity index (χ4n) is 1.21. The van der Waals surface area contributed by atoms with Crippen LogP contribution in [-0.4, -0.2) is 23.8 Å². The van der Waals surface area contributed by atoms with Crippen molar-refractivity contribution in [2.24, 2.45) is 5.16 Å². The minimum atomic E-state index is -4.62. The molecule has 1 heterocycles. The van der Waals surface area contributed by atoms with E-state index < -0.39 is 23.2 Å². The van der Waals surface area contributed by atoms with E-state index in [1.54, 1.807) is 0 Å². The molecule has 0 aliphatic heterocycles. The maximum atomic E-state index is 12.6. The number of nitrogens with zero attached hydrogens (tertiary/aromatic N) is 2. The van der Waals surface area contributed by atoms with Crippen molar-refractivity contribution in [3.63, 3.8) is 0 Å². The number of oxime groups is 1. The first-order valence-corrected chi connectivity index (χ1v) is 4.76. The van der Waals surface area contributed by atoms with Gasteiger partial charge in [-0.25, -0.2) is 0 Å². The maximum Gasteiger partial charge on any atom is 0.417 e. The minimum Gasteiger partial charge on any atom is -0.398 e. The molecule has 0 saturated heterocycles. The van der Waals surface area contributed by atoms with Crippen molar-refractivity contribution in [2.75, 3.05) is 7.11 Å². The summed E-state index contributed by atoms with van der Waals surface area (Å²) in [5, 5.41) is 5.52. The molecule has 5 nitrogen and oxygen atoms in total. The summed E-state index contributed by atoms with van der Waals surface area (Å²) < 4.78 is 37.9. The number of hydrogen-bond acceptors (Lipinski definition) is 4. The van der Waals surface area contributed by atoms with Crippen LogP contribution in [0.25, 0.3) is 0 Å². The Balaban J connectivity index is 3.03. The Morgan fingerprint density at radius 2 is 2.17 bits per heavy atom. The normalized spacial score (nSPS) is 12.2. The van der Waals surface area contributed by atoms with Crippen molar-refractivity contribution in [1.29, 1.82) is 0 Å². The smallest absolute Gasteiger partial charge is 0.398 e. The molecule has 0 aliphatic carbocycles. The van der Waals surface area contributed by atoms with Crippen molar-refractivity contribution in [2.45, 2.75) is 13.1 Å². The average molecular weight is 261 g/mol. The zero-order chi connectivity index (χ0) is 13.8. The number of amidine groups is 1. The molecule has 0 atom stereocenters. The number of nitrogens with one attached hydrogen (secondary N) is 1. The summed E-state index contributed by atoms with van der Waals surface area (Å²) in [5.41, 5.74) is -1.63. The predicted molar refractivity (Wildman–Crippen MR) is 56.8 cm³/mol. The molecule has 0 bridgehead atoms. The summed E-state index contributed by atoms with van der Waals surface area (Å²) in [6, 6.07) is 0.734. The van der Waals surface area contributed by atoms with Gasteiger partial charge in [0.05, 0.1) is 11.1 Å². The van der Waals surface area contributed by atoms with Crippen LogP contribution < -0.4 is 5.32 Å². The van der Waals surface area contributed by atoms with Crippen molar-refractivity contribution in [1.82, 2.24) is 10.3 Å². The van der Waals surface area contributed by atoms with E-state index in [0.29, 0.717) is 0 Å². The lowest BCUT2D eigenvalue weighted by atomic mass is 10.1. The number of halogens is 3. The molecule has 0 radical (unpaired) electrons. The second-order valence-electron chi connectivity index (χ2n) is 3.23. The van der Waals surface area contributed by atoms with E-state index in [1.807, 2.05) is 0 Å². The molecule has 1 N–H and O–H groups in total. The molecule has 0 saturated carbocycles. The zero-order valence-electron chi connectivity index (χ0n) is 9.58. The summed E-state index contributed by atoms with van der Waals surface area (Å²) in [7, 11) is 1.25. The van der Waals surface area contributed by atoms with Gasteiger partial charge in [0, 0.05) is 12.4 Å². The lowest BCUT2D eigenvalue weighted by Crippen LogP contribution is -2.30. The Hall–Kier alpha value is -2.12. The molecule has 1 amide bonds. The maximum absolute atomic E-state index is 12.6. The van der Waals surface area contributed by atoms with Crippen LogP contribution in [0.5, 0.6) is 0 Å². The molecule has 98 valence electrons. The Bertz CT molecular complexity index is 472. The highest BCUT2D eigenvalue weighted by Crippen LogP contribution is 2.31. The third-order valence-electron chi connectivity index (χ3n) is 1.89. The van der Waals surface area contributed by atoms with Crippen LogP contribution in [0.4, 0.5) is 13.2 Å². The molecule has 0 aromatic carbocycles. The first kappa shape index (κ1) is 13.9. The second-order valence-corrected chi connectivity index (χ2v) is 3.23. The molecule has 1 aromatic rings. The van der Waals surface area contributed by atoms with E-state index in [0.717, 1.165) is 18.5 Å². The molecule has 0 aliphatic rings. The van der Waals surface area contributed by atoms with Crippen LogP contribution in [-0.2, 0) is 11.0 Å². The number of hydrogen-bond donors (Lipinski definition) is 1. The first-order chi connectivity index (χ1) is 8.36. The van der Waals surface area contributed by atoms with E-state index in [-0.39, 0.29) is 5.84 Å². The van der Waals surface area contributed by atoms with Gasteiger partial charge < -0.3 is 10.2 Å². The van der Waals surface area contributed by atoms with Crippen molar-refractivity contribution in [3.05, 3.63) is 29.6 Å². The highest BCUT2D eigenvalue weighted by molar-refractivity contribution is 6.06. The average Bonchev–Trinajstić information content (AvgIpc) is 2.28. The predicted octanol–water partition coefficient (Wildman–Crippen LogP) is 1.81. The molecule has 18 heavy (non-hydrogen) atoms. The summed E-state index contributed by atoms with van der Waals surface area (Å²) in [6.45, 7) is 1.38. The Morgan fingerprint density at radius 3 is 2.72 bits per heavy atom. The van der Waals surface area contributed by atoms with E-state index >= 15 is 0 Å². The number of aromatic nitrogens is 1. The summed E-state index contributed by atoms with van der Waals surface area (Å²) >= 11 is 0. The molecular formula is C10H10F3N3O2. The molecule has 1 rings (SSSR count). The highest BCUT2D eigenvalue weighted by atomic mass is 19.4. The van der Waals surface area contributed by atoms with E-state index in [4.69, 9.17) is 0 Å². The van der Waals surface area contributed by atoms with Gasteiger partial charge in [-0.3, -0.25) is 9.78 Å². The largest absolute Gasteiger partial charge is 0.417 e. The number of carbonyl (C=O) groups excluding carboxylic acids is 1. The number of amides is 1.